The second kappa shape index (κ2) is 3.97. The Kier molecular flexibility index (Phi) is 2.66. The molecular formula is C13H14N2O. The number of benzene rings is 1. The zero-order valence-corrected chi connectivity index (χ0v) is 9.29. The molecule has 1 saturated heterocycles. The predicted molar refractivity (Wildman–Crippen MR) is 60.6 cm³/mol. The van der Waals surface area contributed by atoms with Crippen molar-refractivity contribution in [3.05, 3.63) is 35.4 Å². The molecule has 1 aliphatic rings. The Hall–Kier alpha value is -1.82. The zero-order chi connectivity index (χ0) is 11.6. The maximum Gasteiger partial charge on any atom is 0.226 e. The standard InChI is InChI=1S/C13H14N2O/c1-13(5-6-15-12(13)16)8-10-3-2-4-11(7-10)9-14/h2-4,7H,5-6,8H2,1H3,(H,15,16)/t13-/m1/s1. The first kappa shape index (κ1) is 10.7. The monoisotopic (exact) mass is 214 g/mol. The van der Waals surface area contributed by atoms with Gasteiger partial charge in [0, 0.05) is 6.54 Å². The van der Waals surface area contributed by atoms with Crippen LogP contribution in [0, 0.1) is 16.7 Å². The van der Waals surface area contributed by atoms with Crippen molar-refractivity contribution in [3.63, 3.8) is 0 Å². The van der Waals surface area contributed by atoms with Gasteiger partial charge in [0.2, 0.25) is 5.91 Å². The molecule has 0 unspecified atom stereocenters. The second-order valence-corrected chi connectivity index (χ2v) is 4.56. The Labute approximate surface area is 95.1 Å². The van der Waals surface area contributed by atoms with Crippen LogP contribution in [0.15, 0.2) is 24.3 Å². The van der Waals surface area contributed by atoms with Crippen LogP contribution in [0.25, 0.3) is 0 Å². The lowest BCUT2D eigenvalue weighted by Gasteiger charge is -2.20. The largest absolute Gasteiger partial charge is 0.356 e. The molecule has 0 radical (unpaired) electrons. The molecule has 1 heterocycles. The molecule has 0 saturated carbocycles. The van der Waals surface area contributed by atoms with Crippen LogP contribution in [-0.2, 0) is 11.2 Å². The van der Waals surface area contributed by atoms with Crippen molar-refractivity contribution in [1.29, 1.82) is 5.26 Å². The molecule has 0 aromatic heterocycles. The molecule has 1 aromatic rings. The quantitative estimate of drug-likeness (QED) is 0.813. The predicted octanol–water partition coefficient (Wildman–Crippen LogP) is 1.63. The molecule has 0 bridgehead atoms. The van der Waals surface area contributed by atoms with Crippen molar-refractivity contribution in [2.45, 2.75) is 19.8 Å². The van der Waals surface area contributed by atoms with Gasteiger partial charge in [0.1, 0.15) is 0 Å². The summed E-state index contributed by atoms with van der Waals surface area (Å²) in [6, 6.07) is 9.59. The van der Waals surface area contributed by atoms with Crippen molar-refractivity contribution >= 4 is 5.91 Å². The van der Waals surface area contributed by atoms with E-state index in [4.69, 9.17) is 5.26 Å². The summed E-state index contributed by atoms with van der Waals surface area (Å²) < 4.78 is 0. The van der Waals surface area contributed by atoms with E-state index >= 15 is 0 Å². The van der Waals surface area contributed by atoms with Crippen LogP contribution in [0.5, 0.6) is 0 Å². The number of rotatable bonds is 2. The van der Waals surface area contributed by atoms with Gasteiger partial charge in [-0.2, -0.15) is 5.26 Å². The minimum Gasteiger partial charge on any atom is -0.356 e. The summed E-state index contributed by atoms with van der Waals surface area (Å²) in [4.78, 5) is 11.7. The van der Waals surface area contributed by atoms with Gasteiger partial charge in [0.05, 0.1) is 17.0 Å². The third-order valence-electron chi connectivity index (χ3n) is 3.16. The summed E-state index contributed by atoms with van der Waals surface area (Å²) >= 11 is 0. The zero-order valence-electron chi connectivity index (χ0n) is 9.29. The molecule has 1 atom stereocenters. The number of carbonyl (C=O) groups excluding carboxylic acids is 1. The van der Waals surface area contributed by atoms with Crippen molar-refractivity contribution in [2.75, 3.05) is 6.54 Å². The molecule has 0 aliphatic carbocycles. The highest BCUT2D eigenvalue weighted by Gasteiger charge is 2.37. The van der Waals surface area contributed by atoms with Crippen molar-refractivity contribution in [1.82, 2.24) is 5.32 Å². The number of nitrogens with one attached hydrogen (secondary N) is 1. The van der Waals surface area contributed by atoms with E-state index in [9.17, 15) is 4.79 Å². The van der Waals surface area contributed by atoms with E-state index in [2.05, 4.69) is 11.4 Å². The fourth-order valence-electron chi connectivity index (χ4n) is 2.15. The van der Waals surface area contributed by atoms with E-state index in [0.29, 0.717) is 12.0 Å². The molecular weight excluding hydrogens is 200 g/mol. The topological polar surface area (TPSA) is 52.9 Å². The van der Waals surface area contributed by atoms with Gasteiger partial charge in [-0.15, -0.1) is 0 Å². The average Bonchev–Trinajstić information content (AvgIpc) is 2.59. The number of amides is 1. The smallest absolute Gasteiger partial charge is 0.226 e. The lowest BCUT2D eigenvalue weighted by Crippen LogP contribution is -2.30. The van der Waals surface area contributed by atoms with E-state index in [1.165, 1.54) is 0 Å². The first-order chi connectivity index (χ1) is 7.64. The van der Waals surface area contributed by atoms with Crippen LogP contribution in [-0.4, -0.2) is 12.5 Å². The average molecular weight is 214 g/mol. The Morgan fingerprint density at radius 2 is 2.38 bits per heavy atom. The highest BCUT2D eigenvalue weighted by molar-refractivity contribution is 5.84. The maximum atomic E-state index is 11.7. The fraction of sp³-hybridized carbons (Fsp3) is 0.385. The Morgan fingerprint density at radius 1 is 1.56 bits per heavy atom. The number of nitriles is 1. The Morgan fingerprint density at radius 3 is 3.00 bits per heavy atom. The summed E-state index contributed by atoms with van der Waals surface area (Å²) in [5.41, 5.74) is 1.40. The molecule has 1 N–H and O–H groups in total. The van der Waals surface area contributed by atoms with Crippen molar-refractivity contribution < 1.29 is 4.79 Å². The highest BCUT2D eigenvalue weighted by atomic mass is 16.2. The number of carbonyl (C=O) groups is 1. The Bertz CT molecular complexity index is 461. The molecule has 16 heavy (non-hydrogen) atoms. The number of nitrogens with zero attached hydrogens (tertiary/aromatic N) is 1. The minimum atomic E-state index is -0.311. The second-order valence-electron chi connectivity index (χ2n) is 4.56. The first-order valence-electron chi connectivity index (χ1n) is 5.41. The molecule has 3 heteroatoms. The highest BCUT2D eigenvalue weighted by Crippen LogP contribution is 2.30. The third kappa shape index (κ3) is 1.92. The van der Waals surface area contributed by atoms with Gasteiger partial charge in [-0.25, -0.2) is 0 Å². The number of hydrogen-bond donors (Lipinski definition) is 1. The SMILES string of the molecule is C[C@]1(Cc2cccc(C#N)c2)CCNC1=O. The summed E-state index contributed by atoms with van der Waals surface area (Å²) in [6.45, 7) is 2.74. The summed E-state index contributed by atoms with van der Waals surface area (Å²) in [5, 5.41) is 11.7. The van der Waals surface area contributed by atoms with E-state index in [1.54, 1.807) is 6.07 Å². The lowest BCUT2D eigenvalue weighted by molar-refractivity contribution is -0.126. The van der Waals surface area contributed by atoms with E-state index in [-0.39, 0.29) is 11.3 Å². The van der Waals surface area contributed by atoms with Gasteiger partial charge < -0.3 is 5.32 Å². The van der Waals surface area contributed by atoms with Gasteiger partial charge in [-0.05, 0) is 30.5 Å². The third-order valence-corrected chi connectivity index (χ3v) is 3.16. The van der Waals surface area contributed by atoms with Crippen LogP contribution in [0.2, 0.25) is 0 Å². The Balaban J connectivity index is 2.21. The van der Waals surface area contributed by atoms with Gasteiger partial charge in [0.15, 0.2) is 0 Å². The molecule has 3 nitrogen and oxygen atoms in total. The molecule has 1 fully saturated rings. The first-order valence-corrected chi connectivity index (χ1v) is 5.41. The van der Waals surface area contributed by atoms with Crippen molar-refractivity contribution in [3.8, 4) is 6.07 Å². The van der Waals surface area contributed by atoms with Gasteiger partial charge >= 0.3 is 0 Å². The van der Waals surface area contributed by atoms with Crippen LogP contribution < -0.4 is 5.32 Å². The summed E-state index contributed by atoms with van der Waals surface area (Å²) in [7, 11) is 0. The van der Waals surface area contributed by atoms with Crippen LogP contribution in [0.4, 0.5) is 0 Å². The molecule has 0 spiro atoms. The molecule has 2 rings (SSSR count). The van der Waals surface area contributed by atoms with E-state index < -0.39 is 0 Å². The minimum absolute atomic E-state index is 0.120. The molecule has 1 aromatic carbocycles. The van der Waals surface area contributed by atoms with E-state index in [1.807, 2.05) is 25.1 Å². The van der Waals surface area contributed by atoms with Crippen LogP contribution in [0.1, 0.15) is 24.5 Å². The normalized spacial score (nSPS) is 23.9. The summed E-state index contributed by atoms with van der Waals surface area (Å²) in [5.74, 6) is 0.120. The lowest BCUT2D eigenvalue weighted by atomic mass is 9.82. The van der Waals surface area contributed by atoms with Gasteiger partial charge in [0.25, 0.3) is 0 Å². The van der Waals surface area contributed by atoms with Crippen LogP contribution in [0.3, 0.4) is 0 Å². The van der Waals surface area contributed by atoms with Crippen LogP contribution >= 0.6 is 0 Å². The van der Waals surface area contributed by atoms with Gasteiger partial charge in [-0.1, -0.05) is 19.1 Å². The maximum absolute atomic E-state index is 11.7. The molecule has 1 amide bonds. The molecule has 1 aliphatic heterocycles. The van der Waals surface area contributed by atoms with Crippen molar-refractivity contribution in [2.24, 2.45) is 5.41 Å². The van der Waals surface area contributed by atoms with E-state index in [0.717, 1.165) is 18.5 Å². The fourth-order valence-corrected chi connectivity index (χ4v) is 2.15. The van der Waals surface area contributed by atoms with Gasteiger partial charge in [-0.3, -0.25) is 4.79 Å². The molecule has 82 valence electrons. The summed E-state index contributed by atoms with van der Waals surface area (Å²) in [6.07, 6.45) is 1.57. The number of hydrogen-bond acceptors (Lipinski definition) is 2.